The maximum Gasteiger partial charge on any atom is 0.483 e. The van der Waals surface area contributed by atoms with Crippen LogP contribution >= 0.6 is 7.82 Å². The number of rotatable bonds is 24. The SMILES string of the molecule is C[C@H](c1cccc([C@H](C)C2CC2)c1OCOP(=O)(OCOc1c([C@@H](C)C2CC2)cccc1[C@H](C)C1CC1)OCOc1c([C@@H](C)C2CC2)cccc1[C@H](C)C1CC1)C1CC1. The molecule has 0 aromatic heterocycles. The zero-order valence-electron chi connectivity index (χ0n) is 36.5. The molecule has 3 aromatic rings. The highest BCUT2D eigenvalue weighted by Gasteiger charge is 2.39. The van der Waals surface area contributed by atoms with Gasteiger partial charge in [0.25, 0.3) is 0 Å². The van der Waals surface area contributed by atoms with Crippen LogP contribution in [0.1, 0.15) is 187 Å². The number of benzene rings is 3. The summed E-state index contributed by atoms with van der Waals surface area (Å²) in [4.78, 5) is 0. The number of para-hydroxylation sites is 3. The van der Waals surface area contributed by atoms with Crippen LogP contribution in [-0.2, 0) is 18.1 Å². The van der Waals surface area contributed by atoms with Gasteiger partial charge in [-0.15, -0.1) is 0 Å². The van der Waals surface area contributed by atoms with E-state index in [1.807, 2.05) is 0 Å². The molecule has 3 aromatic carbocycles. The summed E-state index contributed by atoms with van der Waals surface area (Å²) in [7, 11) is -4.28. The van der Waals surface area contributed by atoms with E-state index in [0.717, 1.165) is 17.2 Å². The molecule has 0 heterocycles. The molecular formula is C51H69O7P. The number of phosphoric ester groups is 1. The molecule has 0 saturated heterocycles. The van der Waals surface area contributed by atoms with Gasteiger partial charge < -0.3 is 14.2 Å². The summed E-state index contributed by atoms with van der Waals surface area (Å²) < 4.78 is 53.2. The van der Waals surface area contributed by atoms with Gasteiger partial charge in [-0.2, -0.15) is 0 Å². The van der Waals surface area contributed by atoms with Crippen molar-refractivity contribution in [3.05, 3.63) is 88.0 Å². The monoisotopic (exact) mass is 824 g/mol. The van der Waals surface area contributed by atoms with Crippen molar-refractivity contribution in [1.29, 1.82) is 0 Å². The van der Waals surface area contributed by atoms with E-state index >= 15 is 0 Å². The Morgan fingerprint density at radius 2 is 0.576 bits per heavy atom. The van der Waals surface area contributed by atoms with Crippen molar-refractivity contribution in [2.45, 2.75) is 154 Å². The topological polar surface area (TPSA) is 72.5 Å². The normalized spacial score (nSPS) is 22.6. The van der Waals surface area contributed by atoms with E-state index in [1.54, 1.807) is 0 Å². The lowest BCUT2D eigenvalue weighted by atomic mass is 9.88. The molecule has 6 fully saturated rings. The molecule has 0 radical (unpaired) electrons. The summed E-state index contributed by atoms with van der Waals surface area (Å²) in [5.74, 6) is 8.74. The Hall–Kier alpha value is -2.83. The second-order valence-corrected chi connectivity index (χ2v) is 21.3. The van der Waals surface area contributed by atoms with E-state index in [4.69, 9.17) is 27.8 Å². The molecule has 0 aliphatic heterocycles. The van der Waals surface area contributed by atoms with Crippen LogP contribution in [0.25, 0.3) is 0 Å². The number of ether oxygens (including phenoxy) is 3. The highest BCUT2D eigenvalue weighted by atomic mass is 31.2. The third kappa shape index (κ3) is 9.80. The van der Waals surface area contributed by atoms with E-state index in [9.17, 15) is 4.57 Å². The Balaban J connectivity index is 0.962. The highest BCUT2D eigenvalue weighted by molar-refractivity contribution is 7.48. The van der Waals surface area contributed by atoms with Crippen LogP contribution in [0, 0.1) is 35.5 Å². The summed E-state index contributed by atoms with van der Waals surface area (Å²) >= 11 is 0. The van der Waals surface area contributed by atoms with Crippen molar-refractivity contribution < 1.29 is 32.3 Å². The van der Waals surface area contributed by atoms with Crippen LogP contribution in [0.5, 0.6) is 17.2 Å². The van der Waals surface area contributed by atoms with E-state index < -0.39 is 7.82 Å². The summed E-state index contributed by atoms with van der Waals surface area (Å²) in [6, 6.07) is 19.7. The molecule has 6 aliphatic carbocycles. The van der Waals surface area contributed by atoms with Gasteiger partial charge in [-0.3, -0.25) is 0 Å². The fourth-order valence-corrected chi connectivity index (χ4v) is 10.8. The van der Waals surface area contributed by atoms with Crippen LogP contribution in [0.3, 0.4) is 0 Å². The quantitative estimate of drug-likeness (QED) is 0.0658. The predicted molar refractivity (Wildman–Crippen MR) is 234 cm³/mol. The summed E-state index contributed by atoms with van der Waals surface area (Å²) in [5.41, 5.74) is 7.18. The van der Waals surface area contributed by atoms with E-state index in [0.29, 0.717) is 71.0 Å². The van der Waals surface area contributed by atoms with E-state index in [1.165, 1.54) is 110 Å². The zero-order valence-corrected chi connectivity index (χ0v) is 37.4. The second-order valence-electron chi connectivity index (χ2n) is 19.7. The van der Waals surface area contributed by atoms with Crippen LogP contribution in [0.15, 0.2) is 54.6 Å². The van der Waals surface area contributed by atoms with E-state index in [2.05, 4.69) is 96.1 Å². The van der Waals surface area contributed by atoms with Crippen molar-refractivity contribution in [2.24, 2.45) is 35.5 Å². The number of hydrogen-bond donors (Lipinski definition) is 0. The lowest BCUT2D eigenvalue weighted by Crippen LogP contribution is -2.15. The Labute approximate surface area is 354 Å². The van der Waals surface area contributed by atoms with Crippen molar-refractivity contribution >= 4 is 7.82 Å². The minimum Gasteiger partial charge on any atom is -0.466 e. The first-order valence-electron chi connectivity index (χ1n) is 23.4. The van der Waals surface area contributed by atoms with Gasteiger partial charge in [0, 0.05) is 0 Å². The Bertz CT molecular complexity index is 1640. The van der Waals surface area contributed by atoms with Gasteiger partial charge >= 0.3 is 7.82 Å². The maximum absolute atomic E-state index is 14.9. The van der Waals surface area contributed by atoms with E-state index in [-0.39, 0.29) is 20.4 Å². The molecule has 0 spiro atoms. The lowest BCUT2D eigenvalue weighted by Gasteiger charge is -2.26. The molecule has 7 nitrogen and oxygen atoms in total. The first-order valence-corrected chi connectivity index (χ1v) is 24.9. The average molecular weight is 825 g/mol. The van der Waals surface area contributed by atoms with Crippen molar-refractivity contribution in [2.75, 3.05) is 20.4 Å². The van der Waals surface area contributed by atoms with Gasteiger partial charge in [-0.25, -0.2) is 18.1 Å². The minimum absolute atomic E-state index is 0.283. The molecule has 6 saturated carbocycles. The molecule has 9 rings (SSSR count). The van der Waals surface area contributed by atoms with Crippen molar-refractivity contribution in [1.82, 2.24) is 0 Å². The first-order chi connectivity index (χ1) is 28.6. The van der Waals surface area contributed by atoms with Gasteiger partial charge in [0.2, 0.25) is 0 Å². The first kappa shape index (κ1) is 41.5. The summed E-state index contributed by atoms with van der Waals surface area (Å²) in [6.45, 7) is 13.0. The van der Waals surface area contributed by atoms with Gasteiger partial charge in [-0.1, -0.05) is 96.1 Å². The molecule has 0 N–H and O–H groups in total. The summed E-state index contributed by atoms with van der Waals surface area (Å²) in [6.07, 6.45) is 14.9. The average Bonchev–Trinajstić information content (AvgIpc) is 4.03. The Kier molecular flexibility index (Phi) is 12.3. The Morgan fingerprint density at radius 1 is 0.390 bits per heavy atom. The fraction of sp³-hybridized carbons (Fsp3) is 0.647. The second kappa shape index (κ2) is 17.5. The largest absolute Gasteiger partial charge is 0.483 e. The molecule has 6 atom stereocenters. The minimum atomic E-state index is -4.28. The summed E-state index contributed by atoms with van der Waals surface area (Å²) in [5, 5.41) is 0. The smallest absolute Gasteiger partial charge is 0.466 e. The molecular weight excluding hydrogens is 756 g/mol. The van der Waals surface area contributed by atoms with Crippen LogP contribution in [0.4, 0.5) is 0 Å². The molecule has 8 heteroatoms. The standard InChI is InChI=1S/C51H69O7P/c1-31(37-16-17-37)43-10-7-11-44(32(2)38-18-19-38)49(43)53-28-56-59(52,57-29-54-50-45(33(3)39-20-21-39)12-8-13-46(50)34(4)40-22-23-40)58-30-55-51-47(35(5)41-24-25-41)14-9-15-48(51)36(6)42-26-27-42/h7-15,31-42H,16-30H2,1-6H3/t31-,32+,33-,34+,35-,36+. The zero-order chi connectivity index (χ0) is 40.8. The van der Waals surface area contributed by atoms with Crippen molar-refractivity contribution in [3.63, 3.8) is 0 Å². The van der Waals surface area contributed by atoms with Crippen LogP contribution in [0.2, 0.25) is 0 Å². The molecule has 320 valence electrons. The molecule has 0 unspecified atom stereocenters. The van der Waals surface area contributed by atoms with Crippen LogP contribution < -0.4 is 14.2 Å². The van der Waals surface area contributed by atoms with Crippen molar-refractivity contribution in [3.8, 4) is 17.2 Å². The Morgan fingerprint density at radius 3 is 0.746 bits per heavy atom. The highest BCUT2D eigenvalue weighted by Crippen LogP contribution is 2.55. The number of hydrogen-bond acceptors (Lipinski definition) is 7. The molecule has 0 amide bonds. The van der Waals surface area contributed by atoms with Gasteiger partial charge in [0.15, 0.2) is 20.4 Å². The fourth-order valence-electron chi connectivity index (χ4n) is 10.0. The third-order valence-corrected chi connectivity index (χ3v) is 16.7. The lowest BCUT2D eigenvalue weighted by molar-refractivity contribution is -0.00582. The van der Waals surface area contributed by atoms with Crippen LogP contribution in [-0.4, -0.2) is 20.4 Å². The molecule has 6 aliphatic rings. The maximum atomic E-state index is 14.9. The van der Waals surface area contributed by atoms with Gasteiger partial charge in [-0.05, 0) is 181 Å². The number of phosphoric acid groups is 1. The van der Waals surface area contributed by atoms with Gasteiger partial charge in [0.1, 0.15) is 17.2 Å². The van der Waals surface area contributed by atoms with Gasteiger partial charge in [0.05, 0.1) is 0 Å². The predicted octanol–water partition coefficient (Wildman–Crippen LogP) is 14.3. The molecule has 0 bridgehead atoms. The molecule has 59 heavy (non-hydrogen) atoms. The third-order valence-electron chi connectivity index (χ3n) is 15.4.